The van der Waals surface area contributed by atoms with E-state index >= 15 is 0 Å². The molecule has 6 nitrogen and oxygen atoms in total. The van der Waals surface area contributed by atoms with Crippen LogP contribution < -0.4 is 0 Å². The fourth-order valence-electron chi connectivity index (χ4n) is 1.41. The first-order valence-electron chi connectivity index (χ1n) is 5.09. The quantitative estimate of drug-likeness (QED) is 0.392. The van der Waals surface area contributed by atoms with Crippen molar-refractivity contribution in [3.8, 4) is 0 Å². The number of hydrogen-bond acceptors (Lipinski definition) is 3. The Morgan fingerprint density at radius 1 is 1.00 bits per heavy atom. The number of amides is 1. The van der Waals surface area contributed by atoms with Crippen molar-refractivity contribution in [2.45, 2.75) is 0 Å². The minimum Gasteiger partial charge on any atom is -0.480 e. The Morgan fingerprint density at radius 2 is 1.50 bits per heavy atom. The predicted octanol–water partition coefficient (Wildman–Crippen LogP) is 2.11. The monoisotopic (exact) mass is 615 g/mol. The molecule has 1 rings (SSSR count). The van der Waals surface area contributed by atoms with E-state index < -0.39 is 30.9 Å². The number of aliphatic carboxylic acids is 2. The zero-order chi connectivity index (χ0) is 15.4. The maximum Gasteiger partial charge on any atom is 0.323 e. The first-order valence-corrected chi connectivity index (χ1v) is 8.33. The average molecular weight is 615 g/mol. The number of hydrogen-bond donors (Lipinski definition) is 2. The molecule has 0 saturated carbocycles. The van der Waals surface area contributed by atoms with Gasteiger partial charge in [-0.1, -0.05) is 0 Å². The molecule has 0 atom stereocenters. The molecule has 108 valence electrons. The van der Waals surface area contributed by atoms with Crippen molar-refractivity contribution < 1.29 is 24.6 Å². The fraction of sp³-hybridized carbons (Fsp3) is 0.182. The van der Waals surface area contributed by atoms with Gasteiger partial charge in [-0.2, -0.15) is 0 Å². The van der Waals surface area contributed by atoms with Crippen molar-refractivity contribution in [2.24, 2.45) is 0 Å². The zero-order valence-electron chi connectivity index (χ0n) is 9.77. The number of carbonyl (C=O) groups excluding carboxylic acids is 1. The van der Waals surface area contributed by atoms with Gasteiger partial charge < -0.3 is 15.1 Å². The van der Waals surface area contributed by atoms with Crippen molar-refractivity contribution in [3.05, 3.63) is 28.4 Å². The topological polar surface area (TPSA) is 94.9 Å². The Balaban J connectivity index is 3.17. The minimum atomic E-state index is -1.25. The summed E-state index contributed by atoms with van der Waals surface area (Å²) in [4.78, 5) is 34.6. The Kier molecular flexibility index (Phi) is 6.90. The van der Waals surface area contributed by atoms with Crippen LogP contribution >= 0.6 is 67.8 Å². The van der Waals surface area contributed by atoms with E-state index in [1.165, 1.54) is 0 Å². The number of rotatable bonds is 5. The highest BCUT2D eigenvalue weighted by Gasteiger charge is 2.24. The van der Waals surface area contributed by atoms with E-state index in [4.69, 9.17) is 10.2 Å². The highest BCUT2D eigenvalue weighted by atomic mass is 127. The molecule has 20 heavy (non-hydrogen) atoms. The molecule has 0 radical (unpaired) electrons. The molecule has 0 saturated heterocycles. The molecule has 0 fully saturated rings. The fourth-order valence-corrected chi connectivity index (χ4v) is 3.79. The van der Waals surface area contributed by atoms with E-state index in [0.29, 0.717) is 9.13 Å². The van der Waals surface area contributed by atoms with Crippen molar-refractivity contribution in [3.63, 3.8) is 0 Å². The van der Waals surface area contributed by atoms with Crippen LogP contribution in [0.2, 0.25) is 0 Å². The van der Waals surface area contributed by atoms with Gasteiger partial charge in [0.1, 0.15) is 13.1 Å². The van der Waals surface area contributed by atoms with Crippen LogP contribution in [0, 0.1) is 10.7 Å². The van der Waals surface area contributed by atoms with E-state index in [0.717, 1.165) is 12.0 Å². The molecule has 9 heteroatoms. The Bertz CT molecular complexity index is 559. The van der Waals surface area contributed by atoms with Crippen molar-refractivity contribution in [2.75, 3.05) is 13.1 Å². The van der Waals surface area contributed by atoms with Gasteiger partial charge in [0.15, 0.2) is 0 Å². The summed E-state index contributed by atoms with van der Waals surface area (Å²) in [6, 6.07) is 3.49. The second-order valence-corrected chi connectivity index (χ2v) is 7.18. The van der Waals surface area contributed by atoms with E-state index in [9.17, 15) is 14.4 Å². The third-order valence-electron chi connectivity index (χ3n) is 2.16. The summed E-state index contributed by atoms with van der Waals surface area (Å²) in [6.07, 6.45) is 0. The van der Waals surface area contributed by atoms with E-state index in [-0.39, 0.29) is 0 Å². The summed E-state index contributed by atoms with van der Waals surface area (Å²) in [5.74, 6) is -3.11. The molecule has 0 aliphatic heterocycles. The SMILES string of the molecule is O=C(O)CN(CC(=O)O)C(=O)c1cc(I)cc(I)c1I. The molecule has 0 unspecified atom stereocenters. The third-order valence-corrected chi connectivity index (χ3v) is 5.83. The second kappa shape index (κ2) is 7.72. The van der Waals surface area contributed by atoms with Gasteiger partial charge >= 0.3 is 11.9 Å². The minimum absolute atomic E-state index is 0.310. The Labute approximate surface area is 155 Å². The molecule has 0 aromatic heterocycles. The van der Waals surface area contributed by atoms with Crippen LogP contribution in [0.3, 0.4) is 0 Å². The number of nitrogens with zero attached hydrogens (tertiary/aromatic N) is 1. The number of carboxylic acids is 2. The first-order chi connectivity index (χ1) is 9.22. The van der Waals surface area contributed by atoms with E-state index in [1.54, 1.807) is 6.07 Å². The van der Waals surface area contributed by atoms with Crippen molar-refractivity contribution >= 4 is 85.6 Å². The lowest BCUT2D eigenvalue weighted by Gasteiger charge is -2.19. The number of carboxylic acid groups (broad SMARTS) is 2. The molecule has 0 bridgehead atoms. The normalized spacial score (nSPS) is 10.2. The van der Waals surface area contributed by atoms with Gasteiger partial charge in [0.2, 0.25) is 0 Å². The zero-order valence-corrected chi connectivity index (χ0v) is 16.2. The standard InChI is InChI=1S/C11H8I3NO5/c12-5-1-6(10(14)7(13)2-5)11(20)15(3-8(16)17)4-9(18)19/h1-2H,3-4H2,(H,16,17)(H,18,19). The lowest BCUT2D eigenvalue weighted by atomic mass is 10.2. The molecule has 0 heterocycles. The summed E-state index contributed by atoms with van der Waals surface area (Å²) >= 11 is 6.10. The number of benzene rings is 1. The van der Waals surface area contributed by atoms with Crippen molar-refractivity contribution in [1.82, 2.24) is 4.90 Å². The van der Waals surface area contributed by atoms with Crippen LogP contribution in [0.4, 0.5) is 0 Å². The van der Waals surface area contributed by atoms with Crippen LogP contribution in [0.5, 0.6) is 0 Å². The van der Waals surface area contributed by atoms with E-state index in [1.807, 2.05) is 51.2 Å². The molecular weight excluding hydrogens is 607 g/mol. The smallest absolute Gasteiger partial charge is 0.323 e. The predicted molar refractivity (Wildman–Crippen MR) is 95.8 cm³/mol. The second-order valence-electron chi connectivity index (χ2n) is 3.70. The first kappa shape index (κ1) is 17.9. The van der Waals surface area contributed by atoms with Crippen LogP contribution in [0.1, 0.15) is 10.4 Å². The van der Waals surface area contributed by atoms with Gasteiger partial charge in [0.25, 0.3) is 5.91 Å². The summed E-state index contributed by atoms with van der Waals surface area (Å²) in [6.45, 7) is -1.30. The lowest BCUT2D eigenvalue weighted by molar-refractivity contribution is -0.140. The molecule has 2 N–H and O–H groups in total. The van der Waals surface area contributed by atoms with E-state index in [2.05, 4.69) is 22.6 Å². The average Bonchev–Trinajstić information content (AvgIpc) is 2.30. The summed E-state index contributed by atoms with van der Waals surface area (Å²) < 4.78 is 2.35. The van der Waals surface area contributed by atoms with Gasteiger partial charge in [0.05, 0.1) is 5.56 Å². The van der Waals surface area contributed by atoms with Gasteiger partial charge in [-0.3, -0.25) is 14.4 Å². The molecular formula is C11H8I3NO5. The summed E-state index contributed by atoms with van der Waals surface area (Å²) in [7, 11) is 0. The van der Waals surface area contributed by atoms with Crippen molar-refractivity contribution in [1.29, 1.82) is 0 Å². The highest BCUT2D eigenvalue weighted by molar-refractivity contribution is 14.1. The van der Waals surface area contributed by atoms with Crippen LogP contribution in [0.25, 0.3) is 0 Å². The van der Waals surface area contributed by atoms with Crippen LogP contribution in [0.15, 0.2) is 12.1 Å². The molecule has 0 aliphatic rings. The Hall–Kier alpha value is -0.180. The molecule has 0 spiro atoms. The maximum atomic E-state index is 12.3. The van der Waals surface area contributed by atoms with Gasteiger partial charge in [-0.25, -0.2) is 0 Å². The molecule has 1 aromatic carbocycles. The van der Waals surface area contributed by atoms with Gasteiger partial charge in [0, 0.05) is 10.7 Å². The van der Waals surface area contributed by atoms with Crippen LogP contribution in [-0.4, -0.2) is 46.0 Å². The molecule has 1 amide bonds. The summed E-state index contributed by atoms with van der Waals surface area (Å²) in [5, 5.41) is 17.6. The number of halogens is 3. The Morgan fingerprint density at radius 3 is 1.95 bits per heavy atom. The molecule has 1 aromatic rings. The number of carbonyl (C=O) groups is 3. The van der Waals surface area contributed by atoms with Crippen LogP contribution in [-0.2, 0) is 9.59 Å². The summed E-state index contributed by atoms with van der Waals surface area (Å²) in [5.41, 5.74) is 0.310. The van der Waals surface area contributed by atoms with Gasteiger partial charge in [-0.15, -0.1) is 0 Å². The molecule has 0 aliphatic carbocycles. The maximum absolute atomic E-state index is 12.3. The third kappa shape index (κ3) is 4.98. The largest absolute Gasteiger partial charge is 0.480 e. The lowest BCUT2D eigenvalue weighted by Crippen LogP contribution is -2.39. The highest BCUT2D eigenvalue weighted by Crippen LogP contribution is 2.24. The van der Waals surface area contributed by atoms with Gasteiger partial charge in [-0.05, 0) is 79.9 Å².